The lowest BCUT2D eigenvalue weighted by Gasteiger charge is -2.31. The lowest BCUT2D eigenvalue weighted by atomic mass is 10.0. The highest BCUT2D eigenvalue weighted by molar-refractivity contribution is 8.00. The van der Waals surface area contributed by atoms with Gasteiger partial charge in [-0.05, 0) is 69.5 Å². The Balaban J connectivity index is 1.40. The van der Waals surface area contributed by atoms with Crippen LogP contribution in [0.1, 0.15) is 37.6 Å². The number of para-hydroxylation sites is 2. The normalized spacial score (nSPS) is 17.3. The molecule has 0 saturated carbocycles. The molecule has 7 heteroatoms. The van der Waals surface area contributed by atoms with Crippen LogP contribution in [0.2, 0.25) is 0 Å². The standard InChI is InChI=1S/C25H29N5OS/c1-19(24(31)29-17-9-11-20-10-5-6-14-22(20)29)32-25-27-26-23(18-28-15-7-8-16-28)30(25)21-12-3-2-4-13-21/h2-6,10,12-14,19H,7-9,11,15-18H2,1H3. The first-order valence-corrected chi connectivity index (χ1v) is 12.4. The first-order chi connectivity index (χ1) is 15.7. The first-order valence-electron chi connectivity index (χ1n) is 11.5. The summed E-state index contributed by atoms with van der Waals surface area (Å²) in [6.07, 6.45) is 4.51. The number of hydrogen-bond donors (Lipinski definition) is 0. The van der Waals surface area contributed by atoms with Crippen molar-refractivity contribution < 1.29 is 4.79 Å². The molecule has 1 unspecified atom stereocenters. The van der Waals surface area contributed by atoms with E-state index in [1.165, 1.54) is 30.2 Å². The number of carbonyl (C=O) groups excluding carboxylic acids is 1. The summed E-state index contributed by atoms with van der Waals surface area (Å²) in [5.41, 5.74) is 3.34. The van der Waals surface area contributed by atoms with Gasteiger partial charge in [0.2, 0.25) is 5.91 Å². The molecule has 1 amide bonds. The molecule has 0 spiro atoms. The van der Waals surface area contributed by atoms with E-state index in [-0.39, 0.29) is 11.2 Å². The van der Waals surface area contributed by atoms with Crippen LogP contribution in [0.3, 0.4) is 0 Å². The van der Waals surface area contributed by atoms with Gasteiger partial charge in [-0.1, -0.05) is 48.2 Å². The monoisotopic (exact) mass is 447 g/mol. The molecular weight excluding hydrogens is 418 g/mol. The fraction of sp³-hybridized carbons (Fsp3) is 0.400. The summed E-state index contributed by atoms with van der Waals surface area (Å²) in [7, 11) is 0. The van der Waals surface area contributed by atoms with Crippen LogP contribution in [0, 0.1) is 0 Å². The van der Waals surface area contributed by atoms with Gasteiger partial charge in [0.05, 0.1) is 11.8 Å². The zero-order valence-corrected chi connectivity index (χ0v) is 19.3. The van der Waals surface area contributed by atoms with Crippen molar-refractivity contribution in [3.63, 3.8) is 0 Å². The fourth-order valence-corrected chi connectivity index (χ4v) is 5.60. The van der Waals surface area contributed by atoms with Crippen LogP contribution >= 0.6 is 11.8 Å². The Bertz CT molecular complexity index is 1080. The largest absolute Gasteiger partial charge is 0.311 e. The summed E-state index contributed by atoms with van der Waals surface area (Å²) in [6.45, 7) is 5.74. The number of aromatic nitrogens is 3. The van der Waals surface area contributed by atoms with Crippen LogP contribution < -0.4 is 4.90 Å². The molecule has 2 aliphatic rings. The molecule has 1 fully saturated rings. The third-order valence-electron chi connectivity index (χ3n) is 6.28. The second-order valence-corrected chi connectivity index (χ2v) is 9.84. The highest BCUT2D eigenvalue weighted by Crippen LogP contribution is 2.32. The summed E-state index contributed by atoms with van der Waals surface area (Å²) in [5.74, 6) is 1.06. The van der Waals surface area contributed by atoms with Gasteiger partial charge in [0, 0.05) is 17.9 Å². The average Bonchev–Trinajstić information content (AvgIpc) is 3.49. The number of aryl methyl sites for hydroxylation is 1. The Labute approximate surface area is 193 Å². The zero-order valence-electron chi connectivity index (χ0n) is 18.5. The number of nitrogens with zero attached hydrogens (tertiary/aromatic N) is 5. The maximum atomic E-state index is 13.4. The molecule has 166 valence electrons. The maximum absolute atomic E-state index is 13.4. The van der Waals surface area contributed by atoms with E-state index < -0.39 is 0 Å². The van der Waals surface area contributed by atoms with Crippen molar-refractivity contribution >= 4 is 23.4 Å². The van der Waals surface area contributed by atoms with Crippen LogP contribution in [0.5, 0.6) is 0 Å². The van der Waals surface area contributed by atoms with Crippen molar-refractivity contribution in [2.24, 2.45) is 0 Å². The number of hydrogen-bond acceptors (Lipinski definition) is 5. The molecule has 1 aromatic heterocycles. The molecule has 0 radical (unpaired) electrons. The number of carbonyl (C=O) groups is 1. The number of amides is 1. The van der Waals surface area contributed by atoms with Gasteiger partial charge in [-0.15, -0.1) is 10.2 Å². The van der Waals surface area contributed by atoms with E-state index in [4.69, 9.17) is 0 Å². The van der Waals surface area contributed by atoms with Crippen LogP contribution in [-0.4, -0.2) is 50.5 Å². The Morgan fingerprint density at radius 2 is 1.72 bits per heavy atom. The van der Waals surface area contributed by atoms with Gasteiger partial charge in [-0.2, -0.15) is 0 Å². The van der Waals surface area contributed by atoms with Crippen LogP contribution in [0.25, 0.3) is 5.69 Å². The number of fused-ring (bicyclic) bond motifs is 1. The first kappa shape index (κ1) is 21.2. The molecule has 2 aromatic carbocycles. The van der Waals surface area contributed by atoms with E-state index in [0.29, 0.717) is 0 Å². The number of benzene rings is 2. The van der Waals surface area contributed by atoms with Gasteiger partial charge in [-0.3, -0.25) is 14.3 Å². The number of thioether (sulfide) groups is 1. The minimum Gasteiger partial charge on any atom is -0.311 e. The smallest absolute Gasteiger partial charge is 0.240 e. The fourth-order valence-electron chi connectivity index (χ4n) is 4.65. The van der Waals surface area contributed by atoms with E-state index in [2.05, 4.69) is 50.0 Å². The van der Waals surface area contributed by atoms with E-state index in [9.17, 15) is 4.79 Å². The summed E-state index contributed by atoms with van der Waals surface area (Å²) >= 11 is 1.50. The maximum Gasteiger partial charge on any atom is 0.240 e. The Kier molecular flexibility index (Phi) is 6.28. The van der Waals surface area contributed by atoms with Crippen molar-refractivity contribution in [2.75, 3.05) is 24.5 Å². The quantitative estimate of drug-likeness (QED) is 0.527. The predicted molar refractivity (Wildman–Crippen MR) is 128 cm³/mol. The molecule has 1 atom stereocenters. The summed E-state index contributed by atoms with van der Waals surface area (Å²) in [6, 6.07) is 18.5. The van der Waals surface area contributed by atoms with Gasteiger partial charge < -0.3 is 4.90 Å². The minimum absolute atomic E-state index is 0.130. The number of anilines is 1. The van der Waals surface area contributed by atoms with E-state index in [0.717, 1.165) is 61.4 Å². The topological polar surface area (TPSA) is 54.3 Å². The second-order valence-electron chi connectivity index (χ2n) is 8.54. The molecule has 3 heterocycles. The third kappa shape index (κ3) is 4.32. The SMILES string of the molecule is CC(Sc1nnc(CN2CCCC2)n1-c1ccccc1)C(=O)N1CCCc2ccccc21. The lowest BCUT2D eigenvalue weighted by Crippen LogP contribution is -2.40. The zero-order chi connectivity index (χ0) is 21.9. The molecule has 32 heavy (non-hydrogen) atoms. The second kappa shape index (κ2) is 9.46. The van der Waals surface area contributed by atoms with E-state index in [1.54, 1.807) is 0 Å². The van der Waals surface area contributed by atoms with Gasteiger partial charge in [-0.25, -0.2) is 0 Å². The molecular formula is C25H29N5OS. The summed E-state index contributed by atoms with van der Waals surface area (Å²) < 4.78 is 2.12. The van der Waals surface area contributed by atoms with E-state index >= 15 is 0 Å². The summed E-state index contributed by atoms with van der Waals surface area (Å²) in [4.78, 5) is 17.8. The molecule has 0 N–H and O–H groups in total. The van der Waals surface area contributed by atoms with Crippen molar-refractivity contribution in [3.8, 4) is 5.69 Å². The molecule has 0 bridgehead atoms. The molecule has 3 aromatic rings. The highest BCUT2D eigenvalue weighted by Gasteiger charge is 2.29. The van der Waals surface area contributed by atoms with Crippen molar-refractivity contribution in [3.05, 3.63) is 66.0 Å². The van der Waals surface area contributed by atoms with Crippen molar-refractivity contribution in [1.29, 1.82) is 0 Å². The van der Waals surface area contributed by atoms with Gasteiger partial charge in [0.1, 0.15) is 0 Å². The van der Waals surface area contributed by atoms with E-state index in [1.807, 2.05) is 36.1 Å². The van der Waals surface area contributed by atoms with Crippen molar-refractivity contribution in [2.45, 2.75) is 49.6 Å². The predicted octanol–water partition coefficient (Wildman–Crippen LogP) is 4.32. The van der Waals surface area contributed by atoms with Crippen molar-refractivity contribution in [1.82, 2.24) is 19.7 Å². The number of rotatable bonds is 6. The highest BCUT2D eigenvalue weighted by atomic mass is 32.2. The average molecular weight is 448 g/mol. The third-order valence-corrected chi connectivity index (χ3v) is 7.31. The number of likely N-dealkylation sites (tertiary alicyclic amines) is 1. The van der Waals surface area contributed by atoms with Gasteiger partial charge in [0.25, 0.3) is 0 Å². The lowest BCUT2D eigenvalue weighted by molar-refractivity contribution is -0.117. The minimum atomic E-state index is -0.257. The van der Waals surface area contributed by atoms with Crippen LogP contribution in [0.4, 0.5) is 5.69 Å². The van der Waals surface area contributed by atoms with Crippen LogP contribution in [-0.2, 0) is 17.8 Å². The molecule has 6 nitrogen and oxygen atoms in total. The Hall–Kier alpha value is -2.64. The Morgan fingerprint density at radius 1 is 0.969 bits per heavy atom. The van der Waals surface area contributed by atoms with Gasteiger partial charge >= 0.3 is 0 Å². The Morgan fingerprint density at radius 3 is 2.53 bits per heavy atom. The molecule has 5 rings (SSSR count). The van der Waals surface area contributed by atoms with Crippen LogP contribution in [0.15, 0.2) is 59.8 Å². The molecule has 0 aliphatic carbocycles. The molecule has 1 saturated heterocycles. The molecule has 2 aliphatic heterocycles. The summed E-state index contributed by atoms with van der Waals surface area (Å²) in [5, 5.41) is 9.58. The van der Waals surface area contributed by atoms with Gasteiger partial charge in [0.15, 0.2) is 11.0 Å².